The Labute approximate surface area is 111 Å². The third kappa shape index (κ3) is 4.60. The number of carbonyl (C=O) groups is 1. The zero-order valence-corrected chi connectivity index (χ0v) is 11.1. The van der Waals surface area contributed by atoms with Crippen molar-refractivity contribution in [1.82, 2.24) is 0 Å². The van der Waals surface area contributed by atoms with Crippen LogP contribution in [0.5, 0.6) is 5.75 Å². The molecule has 0 bridgehead atoms. The number of benzene rings is 1. The Bertz CT molecular complexity index is 399. The molecule has 0 amide bonds. The van der Waals surface area contributed by atoms with E-state index < -0.39 is 6.61 Å². The highest BCUT2D eigenvalue weighted by molar-refractivity contribution is 9.08. The van der Waals surface area contributed by atoms with Crippen molar-refractivity contribution in [2.45, 2.75) is 18.4 Å². The fraction of sp³-hybridized carbons (Fsp3) is 0.364. The van der Waals surface area contributed by atoms with Crippen LogP contribution in [0.15, 0.2) is 18.2 Å². The highest BCUT2D eigenvalue weighted by atomic mass is 79.9. The summed E-state index contributed by atoms with van der Waals surface area (Å²) in [6.07, 6.45) is 0.117. The quantitative estimate of drug-likeness (QED) is 0.747. The number of carbonyl (C=O) groups excluding carboxylic acids is 1. The first-order valence-electron chi connectivity index (χ1n) is 4.77. The molecule has 0 atom stereocenters. The summed E-state index contributed by atoms with van der Waals surface area (Å²) in [6, 6.07) is 4.77. The van der Waals surface area contributed by atoms with Crippen LogP contribution in [-0.2, 0) is 16.5 Å². The molecular formula is C11H10BrClF2O2. The highest BCUT2D eigenvalue weighted by Crippen LogP contribution is 2.25. The van der Waals surface area contributed by atoms with Crippen molar-refractivity contribution in [3.63, 3.8) is 0 Å². The van der Waals surface area contributed by atoms with Crippen LogP contribution in [0.2, 0.25) is 0 Å². The van der Waals surface area contributed by atoms with Crippen molar-refractivity contribution in [3.8, 4) is 5.75 Å². The molecule has 0 spiro atoms. The van der Waals surface area contributed by atoms with E-state index in [1.807, 2.05) is 0 Å². The fourth-order valence-corrected chi connectivity index (χ4v) is 1.86. The van der Waals surface area contributed by atoms with E-state index in [9.17, 15) is 13.6 Å². The molecule has 1 aromatic carbocycles. The van der Waals surface area contributed by atoms with Crippen molar-refractivity contribution in [1.29, 1.82) is 0 Å². The fourth-order valence-electron chi connectivity index (χ4n) is 1.30. The Morgan fingerprint density at radius 2 is 2.18 bits per heavy atom. The summed E-state index contributed by atoms with van der Waals surface area (Å²) >= 11 is 8.55. The number of Topliss-reactive ketones (excluding diaryl/α,β-unsaturated/α-hetero) is 1. The molecule has 0 aliphatic carbocycles. The zero-order chi connectivity index (χ0) is 12.8. The SMILES string of the molecule is O=C(CCl)Cc1ccc(CBr)c(OC(F)F)c1. The number of rotatable bonds is 6. The van der Waals surface area contributed by atoms with Gasteiger partial charge in [-0.25, -0.2) is 0 Å². The summed E-state index contributed by atoms with van der Waals surface area (Å²) in [5.41, 5.74) is 1.21. The molecule has 0 N–H and O–H groups in total. The Morgan fingerprint density at radius 1 is 1.47 bits per heavy atom. The second-order valence-corrected chi connectivity index (χ2v) is 4.13. The van der Waals surface area contributed by atoms with Crippen molar-refractivity contribution in [2.24, 2.45) is 0 Å². The maximum Gasteiger partial charge on any atom is 0.387 e. The minimum atomic E-state index is -2.88. The van der Waals surface area contributed by atoms with Crippen molar-refractivity contribution in [3.05, 3.63) is 29.3 Å². The van der Waals surface area contributed by atoms with Gasteiger partial charge in [0.25, 0.3) is 0 Å². The molecule has 94 valence electrons. The molecule has 0 aliphatic heterocycles. The van der Waals surface area contributed by atoms with E-state index in [-0.39, 0.29) is 23.8 Å². The second kappa shape index (κ2) is 6.91. The van der Waals surface area contributed by atoms with Crippen LogP contribution in [0.4, 0.5) is 8.78 Å². The number of hydrogen-bond acceptors (Lipinski definition) is 2. The summed E-state index contributed by atoms with van der Waals surface area (Å²) in [4.78, 5) is 11.1. The molecule has 0 saturated heterocycles. The van der Waals surface area contributed by atoms with Gasteiger partial charge in [0.05, 0.1) is 5.88 Å². The number of hydrogen-bond donors (Lipinski definition) is 0. The summed E-state index contributed by atoms with van der Waals surface area (Å²) < 4.78 is 28.7. The molecular weight excluding hydrogens is 317 g/mol. The molecule has 1 aromatic rings. The molecule has 0 fully saturated rings. The predicted molar refractivity (Wildman–Crippen MR) is 65.1 cm³/mol. The van der Waals surface area contributed by atoms with Gasteiger partial charge in [0.1, 0.15) is 5.75 Å². The summed E-state index contributed by atoms with van der Waals surface area (Å²) in [5, 5.41) is 0.402. The van der Waals surface area contributed by atoms with E-state index in [1.54, 1.807) is 12.1 Å². The van der Waals surface area contributed by atoms with Gasteiger partial charge in [0, 0.05) is 17.3 Å². The minimum absolute atomic E-state index is 0.0803. The van der Waals surface area contributed by atoms with Crippen molar-refractivity contribution in [2.75, 3.05) is 5.88 Å². The lowest BCUT2D eigenvalue weighted by Gasteiger charge is -2.10. The van der Waals surface area contributed by atoms with Crippen LogP contribution in [0.3, 0.4) is 0 Å². The van der Waals surface area contributed by atoms with Gasteiger partial charge < -0.3 is 4.74 Å². The average molecular weight is 328 g/mol. The monoisotopic (exact) mass is 326 g/mol. The minimum Gasteiger partial charge on any atom is -0.435 e. The van der Waals surface area contributed by atoms with Gasteiger partial charge in [0.15, 0.2) is 5.78 Å². The van der Waals surface area contributed by atoms with E-state index in [4.69, 9.17) is 11.6 Å². The van der Waals surface area contributed by atoms with Gasteiger partial charge in [-0.05, 0) is 11.6 Å². The molecule has 0 saturated carbocycles. The van der Waals surface area contributed by atoms with E-state index in [1.165, 1.54) is 6.07 Å². The third-order valence-electron chi connectivity index (χ3n) is 2.04. The van der Waals surface area contributed by atoms with Crippen LogP contribution in [0.1, 0.15) is 11.1 Å². The molecule has 0 aromatic heterocycles. The van der Waals surface area contributed by atoms with Crippen LogP contribution in [0.25, 0.3) is 0 Å². The van der Waals surface area contributed by atoms with Crippen LogP contribution >= 0.6 is 27.5 Å². The Balaban J connectivity index is 2.91. The summed E-state index contributed by atoms with van der Waals surface area (Å²) in [6.45, 7) is -2.88. The molecule has 6 heteroatoms. The molecule has 2 nitrogen and oxygen atoms in total. The highest BCUT2D eigenvalue weighted by Gasteiger charge is 2.11. The predicted octanol–water partition coefficient (Wildman–Crippen LogP) is 3.53. The second-order valence-electron chi connectivity index (χ2n) is 3.30. The number of ketones is 1. The van der Waals surface area contributed by atoms with Gasteiger partial charge in [-0.15, -0.1) is 11.6 Å². The van der Waals surface area contributed by atoms with E-state index in [0.717, 1.165) is 0 Å². The molecule has 0 radical (unpaired) electrons. The Hall–Kier alpha value is -0.680. The van der Waals surface area contributed by atoms with Gasteiger partial charge in [-0.2, -0.15) is 8.78 Å². The van der Waals surface area contributed by atoms with E-state index >= 15 is 0 Å². The number of halogens is 4. The number of ether oxygens (including phenoxy) is 1. The molecule has 17 heavy (non-hydrogen) atoms. The first-order chi connectivity index (χ1) is 8.06. The topological polar surface area (TPSA) is 26.3 Å². The van der Waals surface area contributed by atoms with Crippen LogP contribution in [-0.4, -0.2) is 18.3 Å². The van der Waals surface area contributed by atoms with Crippen LogP contribution in [0, 0.1) is 0 Å². The van der Waals surface area contributed by atoms with E-state index in [0.29, 0.717) is 16.5 Å². The van der Waals surface area contributed by atoms with E-state index in [2.05, 4.69) is 20.7 Å². The Morgan fingerprint density at radius 3 is 2.71 bits per heavy atom. The standard InChI is InChI=1S/C11H10BrClF2O2/c12-5-8-2-1-7(3-9(16)6-13)4-10(8)17-11(14)15/h1-2,4,11H,3,5-6H2. The third-order valence-corrected chi connectivity index (χ3v) is 2.94. The zero-order valence-electron chi connectivity index (χ0n) is 8.76. The van der Waals surface area contributed by atoms with Gasteiger partial charge in [-0.1, -0.05) is 28.1 Å². The molecule has 1 rings (SSSR count). The van der Waals surface area contributed by atoms with Gasteiger partial charge >= 0.3 is 6.61 Å². The normalized spacial score (nSPS) is 10.6. The largest absolute Gasteiger partial charge is 0.435 e. The molecule has 0 aliphatic rings. The first-order valence-corrected chi connectivity index (χ1v) is 6.42. The lowest BCUT2D eigenvalue weighted by molar-refractivity contribution is -0.116. The maximum atomic E-state index is 12.2. The maximum absolute atomic E-state index is 12.2. The van der Waals surface area contributed by atoms with Crippen molar-refractivity contribution >= 4 is 33.3 Å². The molecule has 0 heterocycles. The molecule has 0 unspecified atom stereocenters. The summed E-state index contributed by atoms with van der Waals surface area (Å²) in [7, 11) is 0. The lowest BCUT2D eigenvalue weighted by Crippen LogP contribution is -2.07. The van der Waals surface area contributed by atoms with Crippen molar-refractivity contribution < 1.29 is 18.3 Å². The Kier molecular flexibility index (Phi) is 5.85. The summed E-state index contributed by atoms with van der Waals surface area (Å²) in [5.74, 6) is -0.177. The number of alkyl halides is 4. The lowest BCUT2D eigenvalue weighted by atomic mass is 10.1. The first kappa shape index (κ1) is 14.4. The van der Waals surface area contributed by atoms with Gasteiger partial charge in [0.2, 0.25) is 0 Å². The average Bonchev–Trinajstić information content (AvgIpc) is 2.28. The van der Waals surface area contributed by atoms with Crippen LogP contribution < -0.4 is 4.74 Å². The van der Waals surface area contributed by atoms with Gasteiger partial charge in [-0.3, -0.25) is 4.79 Å². The smallest absolute Gasteiger partial charge is 0.387 e.